The van der Waals surface area contributed by atoms with E-state index in [0.717, 1.165) is 24.0 Å². The predicted octanol–water partition coefficient (Wildman–Crippen LogP) is 4.32. The summed E-state index contributed by atoms with van der Waals surface area (Å²) in [6.07, 6.45) is 12.1. The molecule has 2 heterocycles. The Kier molecular flexibility index (Phi) is 11.5. The topological polar surface area (TPSA) is 126 Å². The zero-order valence-electron chi connectivity index (χ0n) is 23.0. The maximum atomic E-state index is 12.5. The number of hydrogen-bond donors (Lipinski definition) is 4. The third-order valence-electron chi connectivity index (χ3n) is 7.36. The minimum absolute atomic E-state index is 0.0295. The number of carbonyl (C=O) groups is 1. The van der Waals surface area contributed by atoms with Gasteiger partial charge in [0.25, 0.3) is 0 Å². The van der Waals surface area contributed by atoms with Gasteiger partial charge in [0.05, 0.1) is 19.3 Å². The van der Waals surface area contributed by atoms with Crippen LogP contribution in [0, 0.1) is 5.92 Å². The molecule has 0 saturated carbocycles. The molecule has 0 bridgehead atoms. The van der Waals surface area contributed by atoms with E-state index in [0.29, 0.717) is 17.9 Å². The molecule has 1 fully saturated rings. The van der Waals surface area contributed by atoms with Gasteiger partial charge < -0.3 is 34.6 Å². The molecule has 1 aromatic carbocycles. The molecule has 0 amide bonds. The number of benzene rings is 1. The number of esters is 1. The number of hydrogen-bond acceptors (Lipinski definition) is 8. The molecule has 1 spiro atoms. The number of phenolic OH excluding ortho intramolecular Hbond substituents is 1. The molecule has 0 aliphatic carbocycles. The van der Waals surface area contributed by atoms with Crippen LogP contribution >= 0.6 is 0 Å². The first-order valence-corrected chi connectivity index (χ1v) is 13.7. The molecular formula is C31H42O8. The van der Waals surface area contributed by atoms with Crippen molar-refractivity contribution < 1.29 is 39.4 Å². The van der Waals surface area contributed by atoms with E-state index in [1.165, 1.54) is 24.6 Å². The number of fused-ring (bicyclic) bond motifs is 2. The highest BCUT2D eigenvalue weighted by molar-refractivity contribution is 5.82. The fraction of sp³-hybridized carbons (Fsp3) is 0.516. The molecule has 2 aliphatic heterocycles. The number of aliphatic hydroxyl groups excluding tert-OH is 3. The predicted molar refractivity (Wildman–Crippen MR) is 148 cm³/mol. The van der Waals surface area contributed by atoms with Gasteiger partial charge in [0.1, 0.15) is 24.1 Å². The fourth-order valence-electron chi connectivity index (χ4n) is 4.66. The Morgan fingerprint density at radius 1 is 1.26 bits per heavy atom. The zero-order chi connectivity index (χ0) is 28.4. The molecule has 214 valence electrons. The van der Waals surface area contributed by atoms with E-state index in [1.807, 2.05) is 19.1 Å². The second-order valence-electron chi connectivity index (χ2n) is 10.4. The molecule has 39 heavy (non-hydrogen) atoms. The Morgan fingerprint density at radius 3 is 2.79 bits per heavy atom. The summed E-state index contributed by atoms with van der Waals surface area (Å²) in [7, 11) is 0. The summed E-state index contributed by atoms with van der Waals surface area (Å²) in [6.45, 7) is 6.01. The van der Waals surface area contributed by atoms with Crippen molar-refractivity contribution in [3.8, 4) is 5.75 Å². The highest BCUT2D eigenvalue weighted by atomic mass is 16.7. The van der Waals surface area contributed by atoms with Gasteiger partial charge in [0.2, 0.25) is 0 Å². The lowest BCUT2D eigenvalue weighted by molar-refractivity contribution is -0.327. The summed E-state index contributed by atoms with van der Waals surface area (Å²) in [5.74, 6) is -1.16. The van der Waals surface area contributed by atoms with E-state index >= 15 is 0 Å². The van der Waals surface area contributed by atoms with Gasteiger partial charge in [0.15, 0.2) is 5.79 Å². The Labute approximate surface area is 230 Å². The summed E-state index contributed by atoms with van der Waals surface area (Å²) < 4.78 is 17.3. The summed E-state index contributed by atoms with van der Waals surface area (Å²) in [5.41, 5.74) is 2.24. The lowest BCUT2D eigenvalue weighted by atomic mass is 9.90. The summed E-state index contributed by atoms with van der Waals surface area (Å²) >= 11 is 0. The van der Waals surface area contributed by atoms with Gasteiger partial charge in [-0.2, -0.15) is 0 Å². The number of allylic oxidation sites excluding steroid dienone is 5. The van der Waals surface area contributed by atoms with E-state index in [2.05, 4.69) is 19.9 Å². The largest absolute Gasteiger partial charge is 0.508 e. The van der Waals surface area contributed by atoms with Gasteiger partial charge in [-0.05, 0) is 61.4 Å². The standard InChI is InChI=1S/C31H42O8/c1-4-21(2)11-7-5-8-12-22(3)26(34)13-9-6-10-14-29(35)38-27-18-31(39-28(19-32)30(27)36)25-16-15-24(33)17-23(25)20-37-31/h5-6,8-10,12,14-17,21,26-28,30,32-34,36H,4,7,11,13,18-20H2,1-3H3/b8-5+,9-6+,14-10+,22-12+/t21-,26-,27+,28+,30-,31+/m0/s1. The van der Waals surface area contributed by atoms with Crippen LogP contribution in [0.25, 0.3) is 0 Å². The molecule has 0 unspecified atom stereocenters. The van der Waals surface area contributed by atoms with Crippen molar-refractivity contribution in [2.24, 2.45) is 5.92 Å². The lowest BCUT2D eigenvalue weighted by Crippen LogP contribution is -2.55. The van der Waals surface area contributed by atoms with Crippen molar-refractivity contribution in [2.45, 2.75) is 89.7 Å². The lowest BCUT2D eigenvalue weighted by Gasteiger charge is -2.43. The van der Waals surface area contributed by atoms with E-state index in [-0.39, 0.29) is 18.8 Å². The Bertz CT molecular complexity index is 1070. The quantitative estimate of drug-likeness (QED) is 0.175. The zero-order valence-corrected chi connectivity index (χ0v) is 23.0. The number of aliphatic hydroxyl groups is 3. The average Bonchev–Trinajstić information content (AvgIpc) is 3.25. The monoisotopic (exact) mass is 542 g/mol. The van der Waals surface area contributed by atoms with Crippen LogP contribution in [0.5, 0.6) is 5.75 Å². The molecule has 1 aromatic rings. The Morgan fingerprint density at radius 2 is 2.05 bits per heavy atom. The maximum absolute atomic E-state index is 12.5. The van der Waals surface area contributed by atoms with E-state index in [9.17, 15) is 25.2 Å². The average molecular weight is 543 g/mol. The van der Waals surface area contributed by atoms with E-state index in [1.54, 1.807) is 24.3 Å². The molecule has 3 rings (SSSR count). The molecule has 4 N–H and O–H groups in total. The molecule has 8 nitrogen and oxygen atoms in total. The van der Waals surface area contributed by atoms with Crippen LogP contribution in [-0.2, 0) is 31.4 Å². The second-order valence-corrected chi connectivity index (χ2v) is 10.4. The summed E-state index contributed by atoms with van der Waals surface area (Å²) in [4.78, 5) is 12.5. The van der Waals surface area contributed by atoms with Crippen LogP contribution in [0.2, 0.25) is 0 Å². The van der Waals surface area contributed by atoms with Crippen LogP contribution < -0.4 is 0 Å². The van der Waals surface area contributed by atoms with Crippen molar-refractivity contribution in [1.29, 1.82) is 0 Å². The first-order chi connectivity index (χ1) is 18.7. The van der Waals surface area contributed by atoms with Gasteiger partial charge in [0, 0.05) is 18.1 Å². The van der Waals surface area contributed by atoms with E-state index in [4.69, 9.17) is 14.2 Å². The number of aromatic hydroxyl groups is 1. The first-order valence-electron chi connectivity index (χ1n) is 13.7. The number of ether oxygens (including phenoxy) is 3. The van der Waals surface area contributed by atoms with Gasteiger partial charge in [-0.15, -0.1) is 0 Å². The van der Waals surface area contributed by atoms with Crippen LogP contribution in [0.15, 0.2) is 66.3 Å². The number of phenols is 1. The van der Waals surface area contributed by atoms with Crippen LogP contribution in [0.1, 0.15) is 64.0 Å². The number of rotatable bonds is 12. The minimum Gasteiger partial charge on any atom is -0.508 e. The molecule has 6 atom stereocenters. The van der Waals surface area contributed by atoms with Gasteiger partial charge in [-0.25, -0.2) is 4.79 Å². The third-order valence-corrected chi connectivity index (χ3v) is 7.36. The van der Waals surface area contributed by atoms with Crippen molar-refractivity contribution in [1.82, 2.24) is 0 Å². The highest BCUT2D eigenvalue weighted by Gasteiger charge is 2.53. The summed E-state index contributed by atoms with van der Waals surface area (Å²) in [5, 5.41) is 40.5. The van der Waals surface area contributed by atoms with Crippen LogP contribution in [-0.4, -0.2) is 57.4 Å². The molecular weight excluding hydrogens is 500 g/mol. The normalized spacial score (nSPS) is 27.0. The highest BCUT2D eigenvalue weighted by Crippen LogP contribution is 2.46. The van der Waals surface area contributed by atoms with Gasteiger partial charge >= 0.3 is 5.97 Å². The molecule has 2 aliphatic rings. The first kappa shape index (κ1) is 30.8. The van der Waals surface area contributed by atoms with Crippen molar-refractivity contribution in [3.05, 3.63) is 77.4 Å². The molecule has 8 heteroatoms. The van der Waals surface area contributed by atoms with Gasteiger partial charge in [-0.3, -0.25) is 0 Å². The van der Waals surface area contributed by atoms with Gasteiger partial charge in [-0.1, -0.05) is 56.7 Å². The molecule has 0 aromatic heterocycles. The molecule has 0 radical (unpaired) electrons. The van der Waals surface area contributed by atoms with E-state index < -0.39 is 42.8 Å². The Hall–Kier alpha value is -2.75. The van der Waals surface area contributed by atoms with Crippen molar-refractivity contribution in [2.75, 3.05) is 6.61 Å². The molecule has 1 saturated heterocycles. The summed E-state index contributed by atoms with van der Waals surface area (Å²) in [6, 6.07) is 4.75. The third kappa shape index (κ3) is 8.37. The minimum atomic E-state index is -1.30. The fourth-order valence-corrected chi connectivity index (χ4v) is 4.66. The van der Waals surface area contributed by atoms with Crippen molar-refractivity contribution >= 4 is 5.97 Å². The Balaban J connectivity index is 1.51. The maximum Gasteiger partial charge on any atom is 0.331 e. The number of carbonyl (C=O) groups excluding carboxylic acids is 1. The van der Waals surface area contributed by atoms with Crippen LogP contribution in [0.3, 0.4) is 0 Å². The second kappa shape index (κ2) is 14.6. The smallest absolute Gasteiger partial charge is 0.331 e. The van der Waals surface area contributed by atoms with Crippen LogP contribution in [0.4, 0.5) is 0 Å². The SMILES string of the molecule is CC[C@H](C)CC/C=C/C=C(\C)[C@@H](O)C/C=C/C=C/C(=O)O[C@@H]1C[C@@]2(OCc3cc(O)ccc32)O[C@H](CO)[C@H]1O. The van der Waals surface area contributed by atoms with Crippen molar-refractivity contribution in [3.63, 3.8) is 0 Å².